The Hall–Kier alpha value is -0.460. The molecule has 7 heteroatoms. The number of alkyl halides is 3. The predicted molar refractivity (Wildman–Crippen MR) is 58.6 cm³/mol. The van der Waals surface area contributed by atoms with Crippen molar-refractivity contribution in [2.24, 2.45) is 5.73 Å². The molecule has 0 amide bonds. The first-order valence-corrected chi connectivity index (χ1v) is 5.67. The summed E-state index contributed by atoms with van der Waals surface area (Å²) in [4.78, 5) is 3.79. The maximum Gasteiger partial charge on any atom is 0.402 e. The lowest BCUT2D eigenvalue weighted by Crippen LogP contribution is -2.40. The van der Waals surface area contributed by atoms with Crippen molar-refractivity contribution < 1.29 is 13.2 Å². The summed E-state index contributed by atoms with van der Waals surface area (Å²) in [5.74, 6) is 0. The molecular weight excluding hydrogens is 261 g/mol. The van der Waals surface area contributed by atoms with Crippen LogP contribution in [-0.2, 0) is 0 Å². The minimum absolute atomic E-state index is 0.142. The minimum atomic E-state index is -4.38. The van der Waals surface area contributed by atoms with Gasteiger partial charge in [-0.3, -0.25) is 0 Å². The molecule has 0 radical (unpaired) electrons. The van der Waals surface area contributed by atoms with Gasteiger partial charge in [-0.15, -0.1) is 0 Å². The Morgan fingerprint density at radius 2 is 2.12 bits per heavy atom. The van der Waals surface area contributed by atoms with Crippen molar-refractivity contribution in [2.75, 3.05) is 0 Å². The van der Waals surface area contributed by atoms with Gasteiger partial charge in [-0.25, -0.2) is 4.98 Å². The lowest BCUT2D eigenvalue weighted by Gasteiger charge is -2.22. The number of hydrogen-bond acceptors (Lipinski definition) is 3. The molecule has 90 valence electrons. The number of hydrogen-bond donors (Lipinski definition) is 1. The van der Waals surface area contributed by atoms with Crippen molar-refractivity contribution in [1.82, 2.24) is 4.98 Å². The molecule has 2 unspecified atom stereocenters. The van der Waals surface area contributed by atoms with E-state index in [2.05, 4.69) is 4.98 Å². The Kier molecular flexibility index (Phi) is 4.46. The zero-order valence-electron chi connectivity index (χ0n) is 8.33. The number of halogens is 4. The third-order valence-electron chi connectivity index (χ3n) is 1.76. The first-order chi connectivity index (χ1) is 7.32. The van der Waals surface area contributed by atoms with Gasteiger partial charge in [0.25, 0.3) is 0 Å². The van der Waals surface area contributed by atoms with Gasteiger partial charge >= 0.3 is 6.18 Å². The molecule has 1 aromatic rings. The third kappa shape index (κ3) is 3.54. The van der Waals surface area contributed by atoms with E-state index in [4.69, 9.17) is 17.3 Å². The molecule has 1 rings (SSSR count). The lowest BCUT2D eigenvalue weighted by atomic mass is 10.2. The standard InChI is InChI=1S/C9H10ClF3N2S/c1-5(14)7(9(11,12)13)16-8-6(10)3-2-4-15-8/h2-5,7H,14H2,1H3. The molecule has 16 heavy (non-hydrogen) atoms. The zero-order valence-corrected chi connectivity index (χ0v) is 9.90. The van der Waals surface area contributed by atoms with Crippen molar-refractivity contribution in [3.8, 4) is 0 Å². The molecular formula is C9H10ClF3N2S. The molecule has 2 N–H and O–H groups in total. The highest BCUT2D eigenvalue weighted by atomic mass is 35.5. The van der Waals surface area contributed by atoms with Crippen LogP contribution in [0.4, 0.5) is 13.2 Å². The van der Waals surface area contributed by atoms with Crippen LogP contribution in [0.25, 0.3) is 0 Å². The molecule has 1 heterocycles. The van der Waals surface area contributed by atoms with Gasteiger partial charge in [-0.05, 0) is 19.1 Å². The number of nitrogens with zero attached hydrogens (tertiary/aromatic N) is 1. The SMILES string of the molecule is CC(N)C(Sc1ncccc1Cl)C(F)(F)F. The smallest absolute Gasteiger partial charge is 0.327 e. The average Bonchev–Trinajstić information content (AvgIpc) is 2.14. The van der Waals surface area contributed by atoms with E-state index < -0.39 is 17.5 Å². The second-order valence-electron chi connectivity index (χ2n) is 3.23. The number of rotatable bonds is 3. The van der Waals surface area contributed by atoms with Crippen LogP contribution in [0.5, 0.6) is 0 Å². The average molecular weight is 271 g/mol. The Morgan fingerprint density at radius 3 is 2.56 bits per heavy atom. The van der Waals surface area contributed by atoms with E-state index in [9.17, 15) is 13.2 Å². The summed E-state index contributed by atoms with van der Waals surface area (Å²) in [6, 6.07) is 2.02. The van der Waals surface area contributed by atoms with Gasteiger partial charge in [-0.2, -0.15) is 13.2 Å². The van der Waals surface area contributed by atoms with Gasteiger partial charge in [0.2, 0.25) is 0 Å². The molecule has 2 nitrogen and oxygen atoms in total. The second-order valence-corrected chi connectivity index (χ2v) is 4.77. The van der Waals surface area contributed by atoms with E-state index in [1.165, 1.54) is 19.2 Å². The summed E-state index contributed by atoms with van der Waals surface area (Å²) in [6.45, 7) is 1.31. The molecule has 0 aliphatic rings. The number of pyridine rings is 1. The number of thioether (sulfide) groups is 1. The fraction of sp³-hybridized carbons (Fsp3) is 0.444. The van der Waals surface area contributed by atoms with Gasteiger partial charge in [0.1, 0.15) is 10.3 Å². The van der Waals surface area contributed by atoms with Crippen LogP contribution in [0.2, 0.25) is 5.02 Å². The van der Waals surface area contributed by atoms with Gasteiger partial charge in [0, 0.05) is 12.2 Å². The topological polar surface area (TPSA) is 38.9 Å². The summed E-state index contributed by atoms with van der Waals surface area (Å²) >= 11 is 6.27. The van der Waals surface area contributed by atoms with E-state index in [0.29, 0.717) is 11.8 Å². The Labute approximate surface area is 100 Å². The van der Waals surface area contributed by atoms with Crippen molar-refractivity contribution >= 4 is 23.4 Å². The van der Waals surface area contributed by atoms with Crippen LogP contribution in [0, 0.1) is 0 Å². The predicted octanol–water partition coefficient (Wildman–Crippen LogP) is 3.11. The summed E-state index contributed by atoms with van der Waals surface area (Å²) < 4.78 is 37.8. The largest absolute Gasteiger partial charge is 0.402 e. The monoisotopic (exact) mass is 270 g/mol. The highest BCUT2D eigenvalue weighted by Gasteiger charge is 2.43. The Morgan fingerprint density at radius 1 is 1.50 bits per heavy atom. The van der Waals surface area contributed by atoms with Crippen LogP contribution in [0.1, 0.15) is 6.92 Å². The van der Waals surface area contributed by atoms with Gasteiger partial charge in [0.15, 0.2) is 0 Å². The molecule has 0 aliphatic carbocycles. The van der Waals surface area contributed by atoms with E-state index in [-0.39, 0.29) is 10.0 Å². The maximum atomic E-state index is 12.6. The van der Waals surface area contributed by atoms with E-state index >= 15 is 0 Å². The summed E-state index contributed by atoms with van der Waals surface area (Å²) in [7, 11) is 0. The van der Waals surface area contributed by atoms with Gasteiger partial charge < -0.3 is 5.73 Å². The molecule has 0 aliphatic heterocycles. The zero-order chi connectivity index (χ0) is 12.3. The third-order valence-corrected chi connectivity index (χ3v) is 3.68. The first-order valence-electron chi connectivity index (χ1n) is 4.42. The Bertz CT molecular complexity index is 357. The van der Waals surface area contributed by atoms with Crippen molar-refractivity contribution in [3.05, 3.63) is 23.4 Å². The molecule has 0 fully saturated rings. The van der Waals surface area contributed by atoms with Crippen LogP contribution in [-0.4, -0.2) is 22.5 Å². The normalized spacial score (nSPS) is 15.9. The summed E-state index contributed by atoms with van der Waals surface area (Å²) in [5, 5.41) is -1.37. The van der Waals surface area contributed by atoms with E-state index in [1.54, 1.807) is 6.07 Å². The fourth-order valence-corrected chi connectivity index (χ4v) is 2.20. The molecule has 2 atom stereocenters. The van der Waals surface area contributed by atoms with E-state index in [1.807, 2.05) is 0 Å². The maximum absolute atomic E-state index is 12.6. The van der Waals surface area contributed by atoms with Crippen LogP contribution in [0.3, 0.4) is 0 Å². The molecule has 0 spiro atoms. The van der Waals surface area contributed by atoms with Crippen molar-refractivity contribution in [2.45, 2.75) is 29.4 Å². The van der Waals surface area contributed by atoms with Crippen LogP contribution in [0.15, 0.2) is 23.4 Å². The molecule has 0 saturated carbocycles. The quantitative estimate of drug-likeness (QED) is 0.858. The van der Waals surface area contributed by atoms with Gasteiger partial charge in [-0.1, -0.05) is 23.4 Å². The highest BCUT2D eigenvalue weighted by molar-refractivity contribution is 8.00. The second kappa shape index (κ2) is 5.25. The summed E-state index contributed by atoms with van der Waals surface area (Å²) in [5.41, 5.74) is 5.31. The number of aromatic nitrogens is 1. The molecule has 0 aromatic carbocycles. The van der Waals surface area contributed by atoms with Crippen LogP contribution >= 0.6 is 23.4 Å². The fourth-order valence-electron chi connectivity index (χ4n) is 1.05. The Balaban J connectivity index is 2.89. The molecule has 0 bridgehead atoms. The lowest BCUT2D eigenvalue weighted by molar-refractivity contribution is -0.131. The van der Waals surface area contributed by atoms with Crippen molar-refractivity contribution in [3.63, 3.8) is 0 Å². The minimum Gasteiger partial charge on any atom is -0.327 e. The van der Waals surface area contributed by atoms with Gasteiger partial charge in [0.05, 0.1) is 5.02 Å². The van der Waals surface area contributed by atoms with Crippen molar-refractivity contribution in [1.29, 1.82) is 0 Å². The molecule has 0 saturated heterocycles. The summed E-state index contributed by atoms with van der Waals surface area (Å²) in [6.07, 6.45) is -2.98. The number of nitrogens with two attached hydrogens (primary N) is 1. The molecule has 1 aromatic heterocycles. The first kappa shape index (κ1) is 13.6. The highest BCUT2D eigenvalue weighted by Crippen LogP contribution is 2.38. The van der Waals surface area contributed by atoms with Crippen LogP contribution < -0.4 is 5.73 Å². The van der Waals surface area contributed by atoms with E-state index in [0.717, 1.165) is 0 Å².